The highest BCUT2D eigenvalue weighted by atomic mass is 16.2. The number of pyridine rings is 1. The molecular weight excluding hydrogens is 354 g/mol. The summed E-state index contributed by atoms with van der Waals surface area (Å²) in [6, 6.07) is 18.0. The summed E-state index contributed by atoms with van der Waals surface area (Å²) in [7, 11) is 0. The first kappa shape index (κ1) is 17.4. The van der Waals surface area contributed by atoms with Crippen LogP contribution in [0.25, 0.3) is 16.6 Å². The second-order valence-corrected chi connectivity index (χ2v) is 6.14. The predicted octanol–water partition coefficient (Wildman–Crippen LogP) is 2.71. The number of nitrogens with zero attached hydrogens (tertiary/aromatic N) is 5. The first-order valence-electron chi connectivity index (χ1n) is 8.69. The number of amides is 1. The Morgan fingerprint density at radius 3 is 2.54 bits per heavy atom. The Bertz CT molecular complexity index is 1210. The molecule has 1 amide bonds. The highest BCUT2D eigenvalue weighted by molar-refractivity contribution is 5.89. The minimum atomic E-state index is -0.279. The molecule has 28 heavy (non-hydrogen) atoms. The number of hydrazone groups is 1. The van der Waals surface area contributed by atoms with Gasteiger partial charge in [-0.2, -0.15) is 10.2 Å². The largest absolute Gasteiger partial charge is 0.289 e. The molecule has 0 aliphatic carbocycles. The molecule has 2 aromatic heterocycles. The quantitative estimate of drug-likeness (QED) is 0.409. The molecule has 0 fully saturated rings. The van der Waals surface area contributed by atoms with Crippen LogP contribution in [0.15, 0.2) is 89.2 Å². The van der Waals surface area contributed by atoms with Gasteiger partial charge in [0.05, 0.1) is 17.4 Å². The average Bonchev–Trinajstić information content (AvgIpc) is 3.25. The summed E-state index contributed by atoms with van der Waals surface area (Å²) in [4.78, 5) is 24.3. The van der Waals surface area contributed by atoms with E-state index in [1.54, 1.807) is 46.2 Å². The zero-order valence-corrected chi connectivity index (χ0v) is 15.1. The van der Waals surface area contributed by atoms with Crippen molar-refractivity contribution in [3.8, 4) is 5.69 Å². The van der Waals surface area contributed by atoms with Crippen molar-refractivity contribution in [2.75, 3.05) is 5.12 Å². The number of benzene rings is 2. The molecule has 0 aliphatic heterocycles. The Hall–Kier alpha value is -4.00. The van der Waals surface area contributed by atoms with Crippen molar-refractivity contribution in [1.29, 1.82) is 0 Å². The minimum absolute atomic E-state index is 0.103. The lowest BCUT2D eigenvalue weighted by Gasteiger charge is -2.20. The van der Waals surface area contributed by atoms with Crippen molar-refractivity contribution in [3.63, 3.8) is 0 Å². The summed E-state index contributed by atoms with van der Waals surface area (Å²) in [6.45, 7) is 1.42. The molecule has 0 saturated heterocycles. The molecule has 7 nitrogen and oxygen atoms in total. The lowest BCUT2D eigenvalue weighted by Crippen LogP contribution is -2.34. The van der Waals surface area contributed by atoms with E-state index in [0.29, 0.717) is 10.9 Å². The van der Waals surface area contributed by atoms with Crippen LogP contribution in [0.2, 0.25) is 0 Å². The number of carbonyl (C=O) groups is 1. The summed E-state index contributed by atoms with van der Waals surface area (Å²) in [5, 5.41) is 10.3. The number of aromatic nitrogens is 3. The van der Waals surface area contributed by atoms with E-state index < -0.39 is 0 Å². The van der Waals surface area contributed by atoms with Crippen molar-refractivity contribution in [1.82, 2.24) is 14.5 Å². The van der Waals surface area contributed by atoms with Gasteiger partial charge < -0.3 is 0 Å². The minimum Gasteiger partial charge on any atom is -0.289 e. The van der Waals surface area contributed by atoms with Crippen LogP contribution >= 0.6 is 0 Å². The molecule has 138 valence electrons. The Morgan fingerprint density at radius 1 is 1.04 bits per heavy atom. The van der Waals surface area contributed by atoms with Gasteiger partial charge in [-0.1, -0.05) is 24.3 Å². The molecule has 4 aromatic rings. The normalized spacial score (nSPS) is 11.2. The third-order valence-electron chi connectivity index (χ3n) is 4.25. The zero-order chi connectivity index (χ0) is 19.5. The topological polar surface area (TPSA) is 72.5 Å². The van der Waals surface area contributed by atoms with E-state index in [4.69, 9.17) is 0 Å². The summed E-state index contributed by atoms with van der Waals surface area (Å²) >= 11 is 0. The van der Waals surface area contributed by atoms with E-state index in [1.807, 2.05) is 42.6 Å². The number of hydrogen-bond acceptors (Lipinski definition) is 4. The van der Waals surface area contributed by atoms with Crippen molar-refractivity contribution in [3.05, 3.63) is 95.0 Å². The van der Waals surface area contributed by atoms with E-state index in [9.17, 15) is 9.59 Å². The number of rotatable bonds is 4. The fourth-order valence-electron chi connectivity index (χ4n) is 2.90. The molecule has 0 aliphatic rings. The molecule has 0 radical (unpaired) electrons. The van der Waals surface area contributed by atoms with E-state index in [1.165, 1.54) is 18.1 Å². The molecule has 0 saturated carbocycles. The van der Waals surface area contributed by atoms with Crippen LogP contribution < -0.4 is 10.5 Å². The molecule has 0 N–H and O–H groups in total. The maximum atomic E-state index is 12.2. The van der Waals surface area contributed by atoms with Crippen molar-refractivity contribution < 1.29 is 4.79 Å². The lowest BCUT2D eigenvalue weighted by molar-refractivity contribution is -0.118. The molecule has 4 rings (SSSR count). The molecule has 2 aromatic carbocycles. The first-order valence-corrected chi connectivity index (χ1v) is 8.69. The van der Waals surface area contributed by atoms with Gasteiger partial charge in [0.15, 0.2) is 5.43 Å². The molecule has 0 bridgehead atoms. The molecule has 0 spiro atoms. The fourth-order valence-corrected chi connectivity index (χ4v) is 2.90. The summed E-state index contributed by atoms with van der Waals surface area (Å²) in [5.74, 6) is -0.279. The highest BCUT2D eigenvalue weighted by Crippen LogP contribution is 2.11. The maximum absolute atomic E-state index is 12.2. The third kappa shape index (κ3) is 3.33. The van der Waals surface area contributed by atoms with E-state index in [-0.39, 0.29) is 11.3 Å². The van der Waals surface area contributed by atoms with E-state index in [0.717, 1.165) is 11.3 Å². The third-order valence-corrected chi connectivity index (χ3v) is 4.25. The van der Waals surface area contributed by atoms with Crippen LogP contribution in [-0.4, -0.2) is 26.6 Å². The lowest BCUT2D eigenvalue weighted by atomic mass is 10.2. The van der Waals surface area contributed by atoms with Crippen LogP contribution in [0, 0.1) is 0 Å². The van der Waals surface area contributed by atoms with Crippen molar-refractivity contribution >= 4 is 23.0 Å². The van der Waals surface area contributed by atoms with Crippen LogP contribution in [-0.2, 0) is 4.79 Å². The van der Waals surface area contributed by atoms with Crippen LogP contribution in [0.3, 0.4) is 0 Å². The number of fused-ring (bicyclic) bond motifs is 1. The SMILES string of the molecule is CC(=O)N(N=Cc1ccc(-n2cccn2)cc1)n1ccc(=O)c2ccccc21. The zero-order valence-electron chi connectivity index (χ0n) is 15.1. The number of para-hydroxylation sites is 1. The van der Waals surface area contributed by atoms with Gasteiger partial charge in [-0.3, -0.25) is 9.59 Å². The second-order valence-electron chi connectivity index (χ2n) is 6.14. The Labute approximate surface area is 160 Å². The fraction of sp³-hybridized carbons (Fsp3) is 0.0476. The van der Waals surface area contributed by atoms with Gasteiger partial charge in [0.25, 0.3) is 5.91 Å². The average molecular weight is 371 g/mol. The molecule has 2 heterocycles. The van der Waals surface area contributed by atoms with Gasteiger partial charge in [0.1, 0.15) is 0 Å². The number of carbonyl (C=O) groups excluding carboxylic acids is 1. The van der Waals surface area contributed by atoms with Gasteiger partial charge >= 0.3 is 0 Å². The molecular formula is C21H17N5O2. The predicted molar refractivity (Wildman–Crippen MR) is 108 cm³/mol. The molecule has 7 heteroatoms. The Balaban J connectivity index is 1.67. The van der Waals surface area contributed by atoms with Gasteiger partial charge in [-0.15, -0.1) is 5.12 Å². The van der Waals surface area contributed by atoms with Gasteiger partial charge in [0, 0.05) is 37.0 Å². The van der Waals surface area contributed by atoms with E-state index in [2.05, 4.69) is 10.2 Å². The summed E-state index contributed by atoms with van der Waals surface area (Å²) in [6.07, 6.45) is 6.72. The summed E-state index contributed by atoms with van der Waals surface area (Å²) in [5.41, 5.74) is 2.26. The number of hydrogen-bond donors (Lipinski definition) is 0. The molecule has 0 unspecified atom stereocenters. The first-order chi connectivity index (χ1) is 13.6. The van der Waals surface area contributed by atoms with Crippen molar-refractivity contribution in [2.45, 2.75) is 6.92 Å². The monoisotopic (exact) mass is 371 g/mol. The van der Waals surface area contributed by atoms with Crippen LogP contribution in [0.1, 0.15) is 12.5 Å². The Kier molecular flexibility index (Phi) is 4.55. The van der Waals surface area contributed by atoms with Crippen LogP contribution in [0.4, 0.5) is 0 Å². The van der Waals surface area contributed by atoms with Gasteiger partial charge in [-0.05, 0) is 35.9 Å². The van der Waals surface area contributed by atoms with Crippen LogP contribution in [0.5, 0.6) is 0 Å². The van der Waals surface area contributed by atoms with Gasteiger partial charge in [-0.25, -0.2) is 9.36 Å². The van der Waals surface area contributed by atoms with E-state index >= 15 is 0 Å². The van der Waals surface area contributed by atoms with Crippen molar-refractivity contribution in [2.24, 2.45) is 5.10 Å². The van der Waals surface area contributed by atoms with Gasteiger partial charge in [0.2, 0.25) is 0 Å². The maximum Gasteiger partial charge on any atom is 0.259 e. The Morgan fingerprint density at radius 2 is 1.82 bits per heavy atom. The summed E-state index contributed by atoms with van der Waals surface area (Å²) < 4.78 is 3.32. The highest BCUT2D eigenvalue weighted by Gasteiger charge is 2.12. The molecule has 0 atom stereocenters. The second kappa shape index (κ2) is 7.32. The standard InChI is InChI=1S/C21H17N5O2/c1-16(27)26(25-14-11-21(28)19-5-2-3-6-20(19)25)23-15-17-7-9-18(10-8-17)24-13-4-12-22-24/h2-15H,1H3. The smallest absolute Gasteiger partial charge is 0.259 e.